The summed E-state index contributed by atoms with van der Waals surface area (Å²) in [6.45, 7) is 0.672. The maximum absolute atomic E-state index is 13.3. The Morgan fingerprint density at radius 1 is 1.50 bits per heavy atom. The van der Waals surface area contributed by atoms with E-state index in [0.29, 0.717) is 6.67 Å². The highest BCUT2D eigenvalue weighted by Gasteiger charge is 2.05. The molecular weight excluding hydrogens is 183 g/mol. The first kappa shape index (κ1) is 10.8. The van der Waals surface area contributed by atoms with Gasteiger partial charge in [-0.15, -0.1) is 0 Å². The van der Waals surface area contributed by atoms with Crippen LogP contribution in [0.3, 0.4) is 0 Å². The number of halogens is 1. The fraction of sp³-hybridized carbons (Fsp3) is 0.400. The fourth-order valence-electron chi connectivity index (χ4n) is 1.22. The van der Waals surface area contributed by atoms with Gasteiger partial charge in [0, 0.05) is 18.8 Å². The van der Waals surface area contributed by atoms with Crippen LogP contribution in [0.2, 0.25) is 0 Å². The third-order valence-corrected chi connectivity index (χ3v) is 1.97. The quantitative estimate of drug-likeness (QED) is 0.741. The number of rotatable bonds is 4. The molecule has 0 aliphatic rings. The van der Waals surface area contributed by atoms with Gasteiger partial charge in [-0.05, 0) is 19.2 Å². The van der Waals surface area contributed by atoms with Crippen molar-refractivity contribution in [3.8, 4) is 5.75 Å². The van der Waals surface area contributed by atoms with Crippen molar-refractivity contribution in [2.45, 2.75) is 0 Å². The van der Waals surface area contributed by atoms with Gasteiger partial charge in [0.05, 0.1) is 13.8 Å². The first-order chi connectivity index (χ1) is 6.69. The van der Waals surface area contributed by atoms with Crippen LogP contribution in [0.1, 0.15) is 0 Å². The molecule has 3 nitrogen and oxygen atoms in total. The minimum absolute atomic E-state index is 0.270. The van der Waals surface area contributed by atoms with Crippen molar-refractivity contribution < 1.29 is 9.13 Å². The molecule has 1 rings (SSSR count). The van der Waals surface area contributed by atoms with E-state index in [4.69, 9.17) is 4.74 Å². The number of nitrogens with one attached hydrogen (secondary N) is 1. The van der Waals surface area contributed by atoms with E-state index in [0.717, 1.165) is 5.69 Å². The molecule has 0 saturated heterocycles. The molecule has 1 aromatic rings. The van der Waals surface area contributed by atoms with Gasteiger partial charge in [-0.3, -0.25) is 0 Å². The van der Waals surface area contributed by atoms with Crippen LogP contribution >= 0.6 is 0 Å². The van der Waals surface area contributed by atoms with Crippen molar-refractivity contribution in [2.75, 3.05) is 32.8 Å². The molecule has 0 saturated carbocycles. The van der Waals surface area contributed by atoms with Gasteiger partial charge in [0.25, 0.3) is 0 Å². The maximum Gasteiger partial charge on any atom is 0.167 e. The largest absolute Gasteiger partial charge is 0.494 e. The number of methoxy groups -OCH3 is 1. The van der Waals surface area contributed by atoms with Gasteiger partial charge in [0.15, 0.2) is 11.6 Å². The summed E-state index contributed by atoms with van der Waals surface area (Å²) < 4.78 is 18.1. The highest BCUT2D eigenvalue weighted by molar-refractivity contribution is 5.49. The van der Waals surface area contributed by atoms with Crippen LogP contribution in [0.15, 0.2) is 18.2 Å². The van der Waals surface area contributed by atoms with Gasteiger partial charge < -0.3 is 15.0 Å². The monoisotopic (exact) mass is 198 g/mol. The summed E-state index contributed by atoms with van der Waals surface area (Å²) in [7, 11) is 5.18. The van der Waals surface area contributed by atoms with Crippen molar-refractivity contribution in [3.05, 3.63) is 24.0 Å². The molecule has 0 spiro atoms. The summed E-state index contributed by atoms with van der Waals surface area (Å²) in [4.78, 5) is 1.91. The molecule has 0 aliphatic carbocycles. The predicted octanol–water partition coefficient (Wildman–Crippen LogP) is 1.45. The first-order valence-electron chi connectivity index (χ1n) is 4.38. The van der Waals surface area contributed by atoms with Gasteiger partial charge >= 0.3 is 0 Å². The van der Waals surface area contributed by atoms with E-state index in [-0.39, 0.29) is 11.6 Å². The van der Waals surface area contributed by atoms with Crippen LogP contribution < -0.4 is 15.0 Å². The van der Waals surface area contributed by atoms with Crippen LogP contribution in [0.5, 0.6) is 5.75 Å². The normalized spacial score (nSPS) is 10.0. The SMILES string of the molecule is CNCN(C)c1ccc(OC)c(F)c1. The Kier molecular flexibility index (Phi) is 3.71. The molecule has 78 valence electrons. The Hall–Kier alpha value is -1.29. The summed E-state index contributed by atoms with van der Waals surface area (Å²) in [6.07, 6.45) is 0. The molecule has 0 bridgehead atoms. The van der Waals surface area contributed by atoms with E-state index in [1.165, 1.54) is 13.2 Å². The van der Waals surface area contributed by atoms with Gasteiger partial charge in [-0.25, -0.2) is 4.39 Å². The highest BCUT2D eigenvalue weighted by Crippen LogP contribution is 2.22. The Bertz CT molecular complexity index is 304. The zero-order valence-electron chi connectivity index (χ0n) is 8.67. The average molecular weight is 198 g/mol. The van der Waals surface area contributed by atoms with Crippen LogP contribution in [-0.4, -0.2) is 27.9 Å². The Morgan fingerprint density at radius 2 is 2.21 bits per heavy atom. The summed E-state index contributed by atoms with van der Waals surface area (Å²) in [5, 5.41) is 2.99. The second-order valence-electron chi connectivity index (χ2n) is 3.03. The van der Waals surface area contributed by atoms with Crippen LogP contribution in [-0.2, 0) is 0 Å². The minimum atomic E-state index is -0.340. The summed E-state index contributed by atoms with van der Waals surface area (Å²) >= 11 is 0. The Balaban J connectivity index is 2.85. The lowest BCUT2D eigenvalue weighted by Gasteiger charge is -2.18. The van der Waals surface area contributed by atoms with Crippen molar-refractivity contribution in [1.29, 1.82) is 0 Å². The number of hydrogen-bond donors (Lipinski definition) is 1. The average Bonchev–Trinajstić information content (AvgIpc) is 2.18. The molecule has 0 aliphatic heterocycles. The smallest absolute Gasteiger partial charge is 0.167 e. The van der Waals surface area contributed by atoms with E-state index in [2.05, 4.69) is 5.32 Å². The molecule has 4 heteroatoms. The Labute approximate surface area is 83.5 Å². The molecular formula is C10H15FN2O. The molecule has 0 unspecified atom stereocenters. The van der Waals surface area contributed by atoms with Crippen molar-refractivity contribution in [1.82, 2.24) is 5.32 Å². The maximum atomic E-state index is 13.3. The molecule has 0 fully saturated rings. The van der Waals surface area contributed by atoms with Gasteiger partial charge in [0.1, 0.15) is 0 Å². The van der Waals surface area contributed by atoms with E-state index in [1.54, 1.807) is 6.07 Å². The van der Waals surface area contributed by atoms with Crippen LogP contribution in [0, 0.1) is 5.82 Å². The number of hydrogen-bond acceptors (Lipinski definition) is 3. The second-order valence-corrected chi connectivity index (χ2v) is 3.03. The Morgan fingerprint density at radius 3 is 2.71 bits per heavy atom. The molecule has 0 amide bonds. The zero-order chi connectivity index (χ0) is 10.6. The standard InChI is InChI=1S/C10H15FN2O/c1-12-7-13(2)8-4-5-10(14-3)9(11)6-8/h4-6,12H,7H2,1-3H3. The molecule has 0 heterocycles. The van der Waals surface area contributed by atoms with E-state index in [1.807, 2.05) is 25.1 Å². The molecule has 1 N–H and O–H groups in total. The fourth-order valence-corrected chi connectivity index (χ4v) is 1.22. The summed E-state index contributed by atoms with van der Waals surface area (Å²) in [5.41, 5.74) is 0.817. The third-order valence-electron chi connectivity index (χ3n) is 1.97. The van der Waals surface area contributed by atoms with Crippen LogP contribution in [0.4, 0.5) is 10.1 Å². The van der Waals surface area contributed by atoms with Crippen molar-refractivity contribution in [2.24, 2.45) is 0 Å². The predicted molar refractivity (Wildman–Crippen MR) is 55.3 cm³/mol. The number of benzene rings is 1. The van der Waals surface area contributed by atoms with E-state index < -0.39 is 0 Å². The number of anilines is 1. The molecule has 1 aromatic carbocycles. The van der Waals surface area contributed by atoms with Crippen molar-refractivity contribution in [3.63, 3.8) is 0 Å². The van der Waals surface area contributed by atoms with Gasteiger partial charge in [0.2, 0.25) is 0 Å². The van der Waals surface area contributed by atoms with Crippen LogP contribution in [0.25, 0.3) is 0 Å². The van der Waals surface area contributed by atoms with E-state index >= 15 is 0 Å². The molecule has 0 atom stereocenters. The second kappa shape index (κ2) is 4.81. The number of ether oxygens (including phenoxy) is 1. The topological polar surface area (TPSA) is 24.5 Å². The summed E-state index contributed by atoms with van der Waals surface area (Å²) in [6, 6.07) is 4.90. The molecule has 14 heavy (non-hydrogen) atoms. The van der Waals surface area contributed by atoms with E-state index in [9.17, 15) is 4.39 Å². The first-order valence-corrected chi connectivity index (χ1v) is 4.38. The lowest BCUT2D eigenvalue weighted by Crippen LogP contribution is -2.28. The molecule has 0 radical (unpaired) electrons. The third kappa shape index (κ3) is 2.35. The minimum Gasteiger partial charge on any atom is -0.494 e. The van der Waals surface area contributed by atoms with Gasteiger partial charge in [-0.2, -0.15) is 0 Å². The molecule has 0 aromatic heterocycles. The summed E-state index contributed by atoms with van der Waals surface area (Å²) in [5.74, 6) is -0.0699. The highest BCUT2D eigenvalue weighted by atomic mass is 19.1. The lowest BCUT2D eigenvalue weighted by atomic mass is 10.3. The number of nitrogens with zero attached hydrogens (tertiary/aromatic N) is 1. The zero-order valence-corrected chi connectivity index (χ0v) is 8.67. The van der Waals surface area contributed by atoms with Gasteiger partial charge in [-0.1, -0.05) is 0 Å². The van der Waals surface area contributed by atoms with Crippen molar-refractivity contribution >= 4 is 5.69 Å². The lowest BCUT2D eigenvalue weighted by molar-refractivity contribution is 0.386.